The lowest BCUT2D eigenvalue weighted by molar-refractivity contribution is 0.0915. The molecule has 30 heavy (non-hydrogen) atoms. The monoisotopic (exact) mass is 452 g/mol. The lowest BCUT2D eigenvalue weighted by Crippen LogP contribution is -2.26. The van der Waals surface area contributed by atoms with E-state index in [1.807, 2.05) is 36.4 Å². The third-order valence-electron chi connectivity index (χ3n) is 5.53. The van der Waals surface area contributed by atoms with Crippen molar-refractivity contribution in [3.05, 3.63) is 51.3 Å². The second-order valence-corrected chi connectivity index (χ2v) is 11.1. The summed E-state index contributed by atoms with van der Waals surface area (Å²) in [7, 11) is 0. The first kappa shape index (κ1) is 18.3. The molecule has 0 fully saturated rings. The van der Waals surface area contributed by atoms with Crippen LogP contribution in [0.4, 0.5) is 0 Å². The number of halogens is 1. The van der Waals surface area contributed by atoms with E-state index in [0.717, 1.165) is 59.4 Å². The third-order valence-corrected chi connectivity index (χ3v) is 7.89. The molecule has 150 valence electrons. The molecule has 0 amide bonds. The quantitative estimate of drug-likeness (QED) is 0.333. The molecule has 4 heterocycles. The summed E-state index contributed by atoms with van der Waals surface area (Å²) in [5.41, 5.74) is 4.56. The van der Waals surface area contributed by atoms with Crippen molar-refractivity contribution in [2.24, 2.45) is 5.41 Å². The summed E-state index contributed by atoms with van der Waals surface area (Å²) in [6, 6.07) is 11.9. The molecule has 0 spiro atoms. The molecule has 0 bridgehead atoms. The number of benzene rings is 1. The number of hydrogen-bond acceptors (Lipinski definition) is 5. The van der Waals surface area contributed by atoms with Gasteiger partial charge in [0.1, 0.15) is 11.4 Å². The van der Waals surface area contributed by atoms with Gasteiger partial charge < -0.3 is 4.98 Å². The number of para-hydroxylation sites is 2. The molecule has 1 aromatic carbocycles. The van der Waals surface area contributed by atoms with E-state index in [9.17, 15) is 4.79 Å². The zero-order chi connectivity index (χ0) is 20.6. The Bertz CT molecular complexity index is 1440. The Morgan fingerprint density at radius 2 is 1.93 bits per heavy atom. The molecular weight excluding hydrogens is 436 g/mol. The Kier molecular flexibility index (Phi) is 3.82. The van der Waals surface area contributed by atoms with E-state index in [2.05, 4.69) is 23.2 Å². The molecule has 0 atom stereocenters. The normalized spacial score (nSPS) is 15.9. The average molecular weight is 453 g/mol. The molecule has 0 aliphatic heterocycles. The zero-order valence-corrected chi connectivity index (χ0v) is 18.7. The summed E-state index contributed by atoms with van der Waals surface area (Å²) in [5.74, 6) is 0.952. The molecule has 5 aromatic rings. The van der Waals surface area contributed by atoms with E-state index in [1.165, 1.54) is 22.7 Å². The van der Waals surface area contributed by atoms with Crippen LogP contribution in [-0.2, 0) is 6.42 Å². The number of rotatable bonds is 2. The zero-order valence-electron chi connectivity index (χ0n) is 16.3. The van der Waals surface area contributed by atoms with Crippen molar-refractivity contribution in [1.82, 2.24) is 19.4 Å². The molecule has 1 aliphatic carbocycles. The summed E-state index contributed by atoms with van der Waals surface area (Å²) in [6.07, 6.45) is 1.39. The van der Waals surface area contributed by atoms with Crippen molar-refractivity contribution in [2.45, 2.75) is 26.7 Å². The van der Waals surface area contributed by atoms with Crippen LogP contribution in [0.25, 0.3) is 38.1 Å². The van der Waals surface area contributed by atoms with Gasteiger partial charge in [0.2, 0.25) is 0 Å². The maximum Gasteiger partial charge on any atom is 0.195 e. The van der Waals surface area contributed by atoms with Crippen molar-refractivity contribution in [2.75, 3.05) is 0 Å². The maximum atomic E-state index is 12.8. The van der Waals surface area contributed by atoms with Crippen molar-refractivity contribution >= 4 is 56.1 Å². The van der Waals surface area contributed by atoms with Crippen molar-refractivity contribution in [1.29, 1.82) is 0 Å². The van der Waals surface area contributed by atoms with Gasteiger partial charge in [0.25, 0.3) is 0 Å². The number of ketones is 1. The van der Waals surface area contributed by atoms with Crippen LogP contribution in [-0.4, -0.2) is 25.1 Å². The van der Waals surface area contributed by atoms with Gasteiger partial charge in [-0.25, -0.2) is 9.97 Å². The number of aromatic amines is 1. The second kappa shape index (κ2) is 6.26. The predicted octanol–water partition coefficient (Wildman–Crippen LogP) is 6.48. The molecule has 0 saturated carbocycles. The summed E-state index contributed by atoms with van der Waals surface area (Å²) < 4.78 is 2.86. The maximum absolute atomic E-state index is 12.8. The Morgan fingerprint density at radius 1 is 1.10 bits per heavy atom. The fourth-order valence-electron chi connectivity index (χ4n) is 4.28. The number of thiophene rings is 1. The number of fused-ring (bicyclic) bond motifs is 4. The van der Waals surface area contributed by atoms with Crippen LogP contribution in [0.5, 0.6) is 0 Å². The predicted molar refractivity (Wildman–Crippen MR) is 123 cm³/mol. The minimum atomic E-state index is -0.0834. The molecule has 1 aliphatic rings. The number of hydrogen-bond donors (Lipinski definition) is 1. The largest absolute Gasteiger partial charge is 0.337 e. The second-order valence-electron chi connectivity index (χ2n) is 8.45. The number of aromatic nitrogens is 4. The highest BCUT2D eigenvalue weighted by Crippen LogP contribution is 2.44. The van der Waals surface area contributed by atoms with Crippen LogP contribution in [0, 0.1) is 5.41 Å². The first-order valence-corrected chi connectivity index (χ1v) is 11.7. The highest BCUT2D eigenvalue weighted by molar-refractivity contribution is 7.20. The molecule has 0 unspecified atom stereocenters. The number of H-pyrrole nitrogens is 1. The van der Waals surface area contributed by atoms with Crippen LogP contribution < -0.4 is 0 Å². The fourth-order valence-corrected chi connectivity index (χ4v) is 6.39. The lowest BCUT2D eigenvalue weighted by atomic mass is 9.78. The SMILES string of the molecule is CC1(C)CC(=O)c2sc3nc(-c4ccc(Cl)s4)c(-c4nc5ccccc5[nH]4)n3c2C1. The van der Waals surface area contributed by atoms with E-state index in [4.69, 9.17) is 21.6 Å². The van der Waals surface area contributed by atoms with Gasteiger partial charge in [0.05, 0.1) is 25.1 Å². The average Bonchev–Trinajstić information content (AvgIpc) is 3.42. The van der Waals surface area contributed by atoms with Crippen molar-refractivity contribution < 1.29 is 4.79 Å². The number of thiazole rings is 1. The number of imidazole rings is 2. The topological polar surface area (TPSA) is 63.0 Å². The van der Waals surface area contributed by atoms with E-state index in [0.29, 0.717) is 6.42 Å². The van der Waals surface area contributed by atoms with Gasteiger partial charge in [-0.15, -0.1) is 11.3 Å². The molecule has 1 N–H and O–H groups in total. The highest BCUT2D eigenvalue weighted by Gasteiger charge is 2.36. The number of nitrogens with zero attached hydrogens (tertiary/aromatic N) is 3. The molecule has 0 saturated heterocycles. The number of carbonyl (C=O) groups excluding carboxylic acids is 1. The van der Waals surface area contributed by atoms with Crippen molar-refractivity contribution in [3.8, 4) is 22.1 Å². The summed E-state index contributed by atoms with van der Waals surface area (Å²) in [5, 5.41) is 0. The van der Waals surface area contributed by atoms with Crippen LogP contribution in [0.2, 0.25) is 4.34 Å². The van der Waals surface area contributed by atoms with Gasteiger partial charge in [-0.3, -0.25) is 9.20 Å². The summed E-state index contributed by atoms with van der Waals surface area (Å²) >= 11 is 9.21. The molecule has 5 nitrogen and oxygen atoms in total. The summed E-state index contributed by atoms with van der Waals surface area (Å²) in [6.45, 7) is 4.30. The van der Waals surface area contributed by atoms with Gasteiger partial charge in [-0.05, 0) is 36.1 Å². The number of nitrogens with one attached hydrogen (secondary N) is 1. The number of carbonyl (C=O) groups is 1. The highest BCUT2D eigenvalue weighted by atomic mass is 35.5. The molecule has 4 aromatic heterocycles. The van der Waals surface area contributed by atoms with E-state index in [1.54, 1.807) is 0 Å². The Hall–Kier alpha value is -2.48. The van der Waals surface area contributed by atoms with E-state index in [-0.39, 0.29) is 11.2 Å². The molecular formula is C22H17ClN4OS2. The standard InChI is InChI=1S/C22H17ClN4OS2/c1-22(2)9-13-19(14(28)10-22)30-21-26-17(15-7-8-16(23)29-15)18(27(13)21)20-24-11-5-3-4-6-12(11)25-20/h3-8H,9-10H2,1-2H3,(H,24,25). The van der Waals surface area contributed by atoms with Crippen LogP contribution in [0.1, 0.15) is 35.6 Å². The molecule has 0 radical (unpaired) electrons. The minimum Gasteiger partial charge on any atom is -0.337 e. The van der Waals surface area contributed by atoms with Gasteiger partial charge in [0, 0.05) is 12.1 Å². The molecule has 8 heteroatoms. The van der Waals surface area contributed by atoms with Crippen molar-refractivity contribution in [3.63, 3.8) is 0 Å². The van der Waals surface area contributed by atoms with E-state index >= 15 is 0 Å². The lowest BCUT2D eigenvalue weighted by Gasteiger charge is -2.28. The first-order valence-electron chi connectivity index (χ1n) is 9.68. The Labute approximate surface area is 185 Å². The van der Waals surface area contributed by atoms with Crippen LogP contribution in [0.3, 0.4) is 0 Å². The van der Waals surface area contributed by atoms with Crippen LogP contribution >= 0.6 is 34.3 Å². The fraction of sp³-hybridized carbons (Fsp3) is 0.227. The van der Waals surface area contributed by atoms with Gasteiger partial charge in [0.15, 0.2) is 16.6 Å². The van der Waals surface area contributed by atoms with Crippen LogP contribution in [0.15, 0.2) is 36.4 Å². The van der Waals surface area contributed by atoms with Gasteiger partial charge in [-0.1, -0.05) is 48.9 Å². The first-order chi connectivity index (χ1) is 14.4. The third kappa shape index (κ3) is 2.69. The van der Waals surface area contributed by atoms with Gasteiger partial charge in [-0.2, -0.15) is 0 Å². The summed E-state index contributed by atoms with van der Waals surface area (Å²) in [4.78, 5) is 28.7. The number of Topliss-reactive ketones (excluding diaryl/α,β-unsaturated/α-hetero) is 1. The van der Waals surface area contributed by atoms with E-state index < -0.39 is 0 Å². The smallest absolute Gasteiger partial charge is 0.195 e. The Balaban J connectivity index is 1.70. The minimum absolute atomic E-state index is 0.0834. The Morgan fingerprint density at radius 3 is 2.70 bits per heavy atom. The van der Waals surface area contributed by atoms with Gasteiger partial charge >= 0.3 is 0 Å². The molecule has 6 rings (SSSR count).